The number of fused-ring (bicyclic) bond motifs is 1. The standard InChI is InChI=1S/C24H28O4/c1-3-12-28-23(24(25)26)21-15(2)6-10-19(16-7-8-16)22(21)18-9-11-20-17(14-18)5-4-13-27-20/h6,9-11,14,16,23H,3-5,7-8,12-13H2,1-2H3,(H,25,26). The largest absolute Gasteiger partial charge is 0.493 e. The van der Waals surface area contributed by atoms with E-state index in [1.807, 2.05) is 19.9 Å². The van der Waals surface area contributed by atoms with Gasteiger partial charge in [-0.25, -0.2) is 4.79 Å². The smallest absolute Gasteiger partial charge is 0.337 e. The van der Waals surface area contributed by atoms with Gasteiger partial charge in [0.15, 0.2) is 6.10 Å². The molecule has 2 aromatic rings. The van der Waals surface area contributed by atoms with Gasteiger partial charge in [-0.3, -0.25) is 0 Å². The maximum atomic E-state index is 12.1. The molecule has 4 rings (SSSR count). The summed E-state index contributed by atoms with van der Waals surface area (Å²) in [5, 5.41) is 9.94. The third-order valence-electron chi connectivity index (χ3n) is 5.69. The molecule has 0 bridgehead atoms. The molecule has 1 N–H and O–H groups in total. The molecule has 1 fully saturated rings. The first-order chi connectivity index (χ1) is 13.6. The van der Waals surface area contributed by atoms with Gasteiger partial charge in [0.05, 0.1) is 6.61 Å². The molecule has 0 radical (unpaired) electrons. The molecule has 0 spiro atoms. The van der Waals surface area contributed by atoms with Gasteiger partial charge < -0.3 is 14.6 Å². The van der Waals surface area contributed by atoms with Crippen molar-refractivity contribution in [1.82, 2.24) is 0 Å². The molecule has 4 nitrogen and oxygen atoms in total. The van der Waals surface area contributed by atoms with Gasteiger partial charge in [-0.1, -0.05) is 25.1 Å². The Balaban J connectivity index is 1.89. The van der Waals surface area contributed by atoms with E-state index in [9.17, 15) is 9.90 Å². The van der Waals surface area contributed by atoms with Crippen molar-refractivity contribution in [3.63, 3.8) is 0 Å². The molecule has 2 aromatic carbocycles. The van der Waals surface area contributed by atoms with Crippen LogP contribution in [0.25, 0.3) is 11.1 Å². The minimum Gasteiger partial charge on any atom is -0.493 e. The van der Waals surface area contributed by atoms with E-state index in [1.165, 1.54) is 11.1 Å². The first kappa shape index (κ1) is 19.0. The number of hydrogen-bond donors (Lipinski definition) is 1. The molecule has 0 aromatic heterocycles. The lowest BCUT2D eigenvalue weighted by Gasteiger charge is -2.24. The summed E-state index contributed by atoms with van der Waals surface area (Å²) < 4.78 is 11.6. The number of aryl methyl sites for hydroxylation is 2. The van der Waals surface area contributed by atoms with Crippen molar-refractivity contribution in [2.24, 2.45) is 0 Å². The molecule has 2 aliphatic rings. The number of hydrogen-bond acceptors (Lipinski definition) is 3. The van der Waals surface area contributed by atoms with Crippen molar-refractivity contribution in [2.75, 3.05) is 13.2 Å². The third-order valence-corrected chi connectivity index (χ3v) is 5.69. The molecule has 0 saturated heterocycles. The second-order valence-electron chi connectivity index (χ2n) is 7.90. The third kappa shape index (κ3) is 3.66. The number of carboxylic acid groups (broad SMARTS) is 1. The highest BCUT2D eigenvalue weighted by Gasteiger charge is 2.33. The second-order valence-corrected chi connectivity index (χ2v) is 7.90. The normalized spacial score (nSPS) is 16.9. The van der Waals surface area contributed by atoms with Gasteiger partial charge in [-0.2, -0.15) is 0 Å². The Bertz CT molecular complexity index is 882. The van der Waals surface area contributed by atoms with E-state index in [2.05, 4.69) is 24.3 Å². The lowest BCUT2D eigenvalue weighted by Crippen LogP contribution is -2.19. The fraction of sp³-hybridized carbons (Fsp3) is 0.458. The minimum absolute atomic E-state index is 0.432. The van der Waals surface area contributed by atoms with Crippen LogP contribution in [-0.2, 0) is 16.0 Å². The van der Waals surface area contributed by atoms with Crippen LogP contribution in [0.2, 0.25) is 0 Å². The molecular weight excluding hydrogens is 352 g/mol. The monoisotopic (exact) mass is 380 g/mol. The Morgan fingerprint density at radius 2 is 2.11 bits per heavy atom. The number of rotatable bonds is 7. The van der Waals surface area contributed by atoms with E-state index in [4.69, 9.17) is 9.47 Å². The van der Waals surface area contributed by atoms with Gasteiger partial charge in [-0.05, 0) is 84.9 Å². The van der Waals surface area contributed by atoms with Gasteiger partial charge in [-0.15, -0.1) is 0 Å². The SMILES string of the molecule is CCCOC(C(=O)O)c1c(C)ccc(C2CC2)c1-c1ccc2c(c1)CCCO2. The average molecular weight is 380 g/mol. The zero-order valence-electron chi connectivity index (χ0n) is 16.7. The van der Waals surface area contributed by atoms with Gasteiger partial charge in [0, 0.05) is 12.2 Å². The Morgan fingerprint density at radius 1 is 1.29 bits per heavy atom. The number of ether oxygens (including phenoxy) is 2. The summed E-state index contributed by atoms with van der Waals surface area (Å²) in [6, 6.07) is 10.5. The predicted octanol–water partition coefficient (Wildman–Crippen LogP) is 5.42. The Hall–Kier alpha value is -2.33. The maximum absolute atomic E-state index is 12.1. The van der Waals surface area contributed by atoms with Gasteiger partial charge >= 0.3 is 5.97 Å². The predicted molar refractivity (Wildman–Crippen MR) is 109 cm³/mol. The first-order valence-corrected chi connectivity index (χ1v) is 10.3. The molecule has 1 heterocycles. The van der Waals surface area contributed by atoms with Crippen molar-refractivity contribution in [3.8, 4) is 16.9 Å². The molecule has 4 heteroatoms. The molecule has 1 aliphatic carbocycles. The first-order valence-electron chi connectivity index (χ1n) is 10.3. The highest BCUT2D eigenvalue weighted by Crippen LogP contribution is 2.48. The van der Waals surface area contributed by atoms with E-state index < -0.39 is 12.1 Å². The van der Waals surface area contributed by atoms with Gasteiger partial charge in [0.1, 0.15) is 5.75 Å². The summed E-state index contributed by atoms with van der Waals surface area (Å²) in [7, 11) is 0. The summed E-state index contributed by atoms with van der Waals surface area (Å²) in [5.41, 5.74) is 6.37. The van der Waals surface area contributed by atoms with Crippen LogP contribution < -0.4 is 4.74 Å². The molecule has 1 atom stereocenters. The zero-order valence-corrected chi connectivity index (χ0v) is 16.7. The molecule has 28 heavy (non-hydrogen) atoms. The van der Waals surface area contributed by atoms with Crippen molar-refractivity contribution in [1.29, 1.82) is 0 Å². The Kier molecular flexibility index (Phi) is 5.40. The van der Waals surface area contributed by atoms with Crippen LogP contribution in [0, 0.1) is 6.92 Å². The van der Waals surface area contributed by atoms with Crippen LogP contribution in [-0.4, -0.2) is 24.3 Å². The van der Waals surface area contributed by atoms with E-state index >= 15 is 0 Å². The molecule has 1 saturated carbocycles. The number of carboxylic acids is 1. The second kappa shape index (κ2) is 7.96. The van der Waals surface area contributed by atoms with Crippen molar-refractivity contribution in [3.05, 3.63) is 52.6 Å². The van der Waals surface area contributed by atoms with Gasteiger partial charge in [0.2, 0.25) is 0 Å². The number of benzene rings is 2. The fourth-order valence-corrected chi connectivity index (χ4v) is 4.16. The van der Waals surface area contributed by atoms with Crippen LogP contribution in [0.1, 0.15) is 66.9 Å². The Labute approximate surface area is 166 Å². The van der Waals surface area contributed by atoms with Crippen LogP contribution >= 0.6 is 0 Å². The van der Waals surface area contributed by atoms with E-state index in [0.717, 1.165) is 66.7 Å². The number of aliphatic carboxylic acids is 1. The average Bonchev–Trinajstić information content (AvgIpc) is 3.53. The topological polar surface area (TPSA) is 55.8 Å². The molecular formula is C24H28O4. The van der Waals surface area contributed by atoms with E-state index in [1.54, 1.807) is 0 Å². The summed E-state index contributed by atoms with van der Waals surface area (Å²) in [4.78, 5) is 12.1. The number of carbonyl (C=O) groups is 1. The molecule has 148 valence electrons. The van der Waals surface area contributed by atoms with Crippen LogP contribution in [0.4, 0.5) is 0 Å². The van der Waals surface area contributed by atoms with Gasteiger partial charge in [0.25, 0.3) is 0 Å². The molecule has 1 aliphatic heterocycles. The summed E-state index contributed by atoms with van der Waals surface area (Å²) in [6.45, 7) is 5.18. The molecule has 0 amide bonds. The summed E-state index contributed by atoms with van der Waals surface area (Å²) in [6.07, 6.45) is 4.19. The maximum Gasteiger partial charge on any atom is 0.337 e. The van der Waals surface area contributed by atoms with Crippen LogP contribution in [0.15, 0.2) is 30.3 Å². The highest BCUT2D eigenvalue weighted by atomic mass is 16.5. The van der Waals surface area contributed by atoms with Crippen molar-refractivity contribution < 1.29 is 19.4 Å². The Morgan fingerprint density at radius 3 is 2.82 bits per heavy atom. The summed E-state index contributed by atoms with van der Waals surface area (Å²) in [5.74, 6) is 0.545. The van der Waals surface area contributed by atoms with Crippen LogP contribution in [0.5, 0.6) is 5.75 Å². The minimum atomic E-state index is -0.944. The lowest BCUT2D eigenvalue weighted by atomic mass is 9.85. The quantitative estimate of drug-likeness (QED) is 0.697. The highest BCUT2D eigenvalue weighted by molar-refractivity contribution is 5.83. The van der Waals surface area contributed by atoms with Crippen molar-refractivity contribution >= 4 is 5.97 Å². The molecule has 1 unspecified atom stereocenters. The van der Waals surface area contributed by atoms with Crippen molar-refractivity contribution in [2.45, 2.75) is 58.0 Å². The lowest BCUT2D eigenvalue weighted by molar-refractivity contribution is -0.150. The zero-order chi connectivity index (χ0) is 19.7. The van der Waals surface area contributed by atoms with Crippen LogP contribution in [0.3, 0.4) is 0 Å². The fourth-order valence-electron chi connectivity index (χ4n) is 4.16. The summed E-state index contributed by atoms with van der Waals surface area (Å²) >= 11 is 0. The van der Waals surface area contributed by atoms with E-state index in [-0.39, 0.29) is 0 Å². The van der Waals surface area contributed by atoms with E-state index in [0.29, 0.717) is 12.5 Å².